The number of rotatable bonds is 2. The standard InChI is InChI=1S/C12H19NO4S/c1-6(14)7-8(15)13-9(7)18-11(2,3)12(13,4)10(16)17-5/h6-7,9,14H,1-5H3/t6?,7-,9-,12-/m1/s1. The molecule has 6 heteroatoms. The SMILES string of the molecule is COC(=O)[C@@]1(C)N2C(=O)[C@@H](C(C)O)[C@H]2SC1(C)C. The number of aliphatic hydroxyl groups excluding tert-OH is 1. The number of esters is 1. The maximum atomic E-state index is 12.2. The minimum absolute atomic E-state index is 0.142. The van der Waals surface area contributed by atoms with Crippen molar-refractivity contribution in [1.82, 2.24) is 4.90 Å². The molecule has 18 heavy (non-hydrogen) atoms. The molecule has 0 radical (unpaired) electrons. The number of nitrogens with zero attached hydrogens (tertiary/aromatic N) is 1. The zero-order valence-corrected chi connectivity index (χ0v) is 12.1. The summed E-state index contributed by atoms with van der Waals surface area (Å²) in [4.78, 5) is 25.8. The Kier molecular flexibility index (Phi) is 2.94. The van der Waals surface area contributed by atoms with Crippen molar-refractivity contribution in [3.8, 4) is 0 Å². The van der Waals surface area contributed by atoms with Gasteiger partial charge in [-0.3, -0.25) is 4.79 Å². The van der Waals surface area contributed by atoms with Crippen molar-refractivity contribution in [2.45, 2.75) is 49.5 Å². The van der Waals surface area contributed by atoms with Gasteiger partial charge in [-0.2, -0.15) is 0 Å². The second-order valence-electron chi connectivity index (χ2n) is 5.56. The van der Waals surface area contributed by atoms with Crippen molar-refractivity contribution in [2.24, 2.45) is 5.92 Å². The molecule has 0 saturated carbocycles. The van der Waals surface area contributed by atoms with E-state index in [0.717, 1.165) is 0 Å². The monoisotopic (exact) mass is 273 g/mol. The number of aliphatic hydroxyl groups is 1. The number of β-lactam (4-membered cyclic amide) rings is 1. The molecule has 2 fully saturated rings. The van der Waals surface area contributed by atoms with Crippen LogP contribution >= 0.6 is 11.8 Å². The highest BCUT2D eigenvalue weighted by Gasteiger charge is 2.71. The predicted octanol–water partition coefficient (Wildman–Crippen LogP) is 0.609. The number of ether oxygens (including phenoxy) is 1. The van der Waals surface area contributed by atoms with Gasteiger partial charge in [-0.15, -0.1) is 11.8 Å². The lowest BCUT2D eigenvalue weighted by Crippen LogP contribution is -2.70. The van der Waals surface area contributed by atoms with Crippen LogP contribution in [0.15, 0.2) is 0 Å². The lowest BCUT2D eigenvalue weighted by Gasteiger charge is -2.49. The molecule has 2 heterocycles. The number of methoxy groups -OCH3 is 1. The van der Waals surface area contributed by atoms with Crippen molar-refractivity contribution in [3.63, 3.8) is 0 Å². The molecule has 0 aromatic heterocycles. The number of thioether (sulfide) groups is 1. The van der Waals surface area contributed by atoms with Gasteiger partial charge in [0.1, 0.15) is 0 Å². The second-order valence-corrected chi connectivity index (χ2v) is 7.30. The fourth-order valence-corrected chi connectivity index (χ4v) is 4.71. The van der Waals surface area contributed by atoms with E-state index >= 15 is 0 Å². The molecule has 1 N–H and O–H groups in total. The highest BCUT2D eigenvalue weighted by molar-refractivity contribution is 8.01. The van der Waals surface area contributed by atoms with Crippen LogP contribution in [-0.4, -0.2) is 50.8 Å². The summed E-state index contributed by atoms with van der Waals surface area (Å²) in [6.07, 6.45) is -0.693. The van der Waals surface area contributed by atoms with Crippen LogP contribution in [0, 0.1) is 5.92 Å². The lowest BCUT2D eigenvalue weighted by molar-refractivity contribution is -0.179. The van der Waals surface area contributed by atoms with Crippen LogP contribution < -0.4 is 0 Å². The van der Waals surface area contributed by atoms with E-state index in [1.54, 1.807) is 30.5 Å². The van der Waals surface area contributed by atoms with Gasteiger partial charge in [0.15, 0.2) is 5.54 Å². The van der Waals surface area contributed by atoms with Gasteiger partial charge < -0.3 is 14.7 Å². The number of amides is 1. The van der Waals surface area contributed by atoms with Gasteiger partial charge in [0.05, 0.1) is 24.5 Å². The van der Waals surface area contributed by atoms with Crippen LogP contribution in [-0.2, 0) is 14.3 Å². The molecule has 1 unspecified atom stereocenters. The van der Waals surface area contributed by atoms with Gasteiger partial charge in [-0.25, -0.2) is 4.79 Å². The molecule has 0 aromatic carbocycles. The zero-order chi connectivity index (χ0) is 13.9. The van der Waals surface area contributed by atoms with Crippen LogP contribution in [0.2, 0.25) is 0 Å². The fraction of sp³-hybridized carbons (Fsp3) is 0.833. The first kappa shape index (κ1) is 13.7. The molecule has 0 aromatic rings. The van der Waals surface area contributed by atoms with Gasteiger partial charge in [-0.1, -0.05) is 0 Å². The number of fused-ring (bicyclic) bond motifs is 1. The number of hydrogen-bond acceptors (Lipinski definition) is 5. The van der Waals surface area contributed by atoms with E-state index in [2.05, 4.69) is 0 Å². The third kappa shape index (κ3) is 1.39. The van der Waals surface area contributed by atoms with Crippen molar-refractivity contribution < 1.29 is 19.4 Å². The van der Waals surface area contributed by atoms with Gasteiger partial charge in [-0.05, 0) is 27.7 Å². The van der Waals surface area contributed by atoms with Crippen molar-refractivity contribution in [3.05, 3.63) is 0 Å². The maximum Gasteiger partial charge on any atom is 0.332 e. The summed E-state index contributed by atoms with van der Waals surface area (Å²) >= 11 is 1.55. The topological polar surface area (TPSA) is 66.8 Å². The molecule has 0 bridgehead atoms. The van der Waals surface area contributed by atoms with Crippen molar-refractivity contribution in [1.29, 1.82) is 0 Å². The molecule has 102 valence electrons. The van der Waals surface area contributed by atoms with Crippen LogP contribution in [0.4, 0.5) is 0 Å². The van der Waals surface area contributed by atoms with Crippen LogP contribution in [0.25, 0.3) is 0 Å². The molecule has 2 saturated heterocycles. The first-order valence-corrected chi connectivity index (χ1v) is 6.84. The average Bonchev–Trinajstić information content (AvgIpc) is 2.42. The Labute approximate surface area is 111 Å². The Morgan fingerprint density at radius 3 is 2.50 bits per heavy atom. The van der Waals surface area contributed by atoms with E-state index in [1.165, 1.54) is 7.11 Å². The normalized spacial score (nSPS) is 39.0. The predicted molar refractivity (Wildman–Crippen MR) is 67.9 cm³/mol. The summed E-state index contributed by atoms with van der Waals surface area (Å²) in [5.74, 6) is -0.985. The average molecular weight is 273 g/mol. The van der Waals surface area contributed by atoms with Gasteiger partial charge in [0.25, 0.3) is 0 Å². The lowest BCUT2D eigenvalue weighted by atomic mass is 9.80. The highest BCUT2D eigenvalue weighted by atomic mass is 32.2. The van der Waals surface area contributed by atoms with E-state index < -0.39 is 28.3 Å². The summed E-state index contributed by atoms with van der Waals surface area (Å²) in [5.41, 5.74) is -0.973. The van der Waals surface area contributed by atoms with Crippen LogP contribution in [0.1, 0.15) is 27.7 Å². The second kappa shape index (κ2) is 3.87. The van der Waals surface area contributed by atoms with Crippen molar-refractivity contribution in [2.75, 3.05) is 7.11 Å². The van der Waals surface area contributed by atoms with E-state index in [0.29, 0.717) is 0 Å². The first-order chi connectivity index (χ1) is 8.18. The van der Waals surface area contributed by atoms with Gasteiger partial charge in [0.2, 0.25) is 5.91 Å². The Hall–Kier alpha value is -0.750. The minimum Gasteiger partial charge on any atom is -0.467 e. The molecule has 2 aliphatic heterocycles. The fourth-order valence-electron chi connectivity index (χ4n) is 2.78. The Morgan fingerprint density at radius 1 is 1.50 bits per heavy atom. The first-order valence-electron chi connectivity index (χ1n) is 5.96. The minimum atomic E-state index is -0.973. The van der Waals surface area contributed by atoms with Crippen LogP contribution in [0.3, 0.4) is 0 Å². The molecular weight excluding hydrogens is 254 g/mol. The van der Waals surface area contributed by atoms with Crippen molar-refractivity contribution >= 4 is 23.6 Å². The maximum absolute atomic E-state index is 12.2. The van der Waals surface area contributed by atoms with Gasteiger partial charge >= 0.3 is 5.97 Å². The summed E-state index contributed by atoms with van der Waals surface area (Å²) in [6, 6.07) is 0. The summed E-state index contributed by atoms with van der Waals surface area (Å²) in [6.45, 7) is 7.21. The van der Waals surface area contributed by atoms with E-state index in [4.69, 9.17) is 4.74 Å². The molecule has 4 atom stereocenters. The molecule has 2 rings (SSSR count). The largest absolute Gasteiger partial charge is 0.467 e. The van der Waals surface area contributed by atoms with Crippen LogP contribution in [0.5, 0.6) is 0 Å². The summed E-state index contributed by atoms with van der Waals surface area (Å²) in [7, 11) is 1.33. The Morgan fingerprint density at radius 2 is 2.06 bits per heavy atom. The Balaban J connectivity index is 2.39. The van der Waals surface area contributed by atoms with E-state index in [9.17, 15) is 14.7 Å². The summed E-state index contributed by atoms with van der Waals surface area (Å²) in [5, 5.41) is 9.51. The smallest absolute Gasteiger partial charge is 0.332 e. The highest BCUT2D eigenvalue weighted by Crippen LogP contribution is 2.59. The quantitative estimate of drug-likeness (QED) is 0.590. The molecule has 0 aliphatic carbocycles. The summed E-state index contributed by atoms with van der Waals surface area (Å²) < 4.78 is 4.42. The third-order valence-electron chi connectivity index (χ3n) is 4.26. The van der Waals surface area contributed by atoms with E-state index in [-0.39, 0.29) is 11.3 Å². The number of carbonyl (C=O) groups is 2. The Bertz CT molecular complexity index is 409. The van der Waals surface area contributed by atoms with Gasteiger partial charge in [0, 0.05) is 4.75 Å². The number of hydrogen-bond donors (Lipinski definition) is 1. The molecular formula is C12H19NO4S. The molecule has 2 aliphatic rings. The molecule has 5 nitrogen and oxygen atoms in total. The van der Waals surface area contributed by atoms with E-state index in [1.807, 2.05) is 13.8 Å². The zero-order valence-electron chi connectivity index (χ0n) is 11.3. The molecule has 1 amide bonds. The third-order valence-corrected chi connectivity index (χ3v) is 5.99. The number of carbonyl (C=O) groups excluding carboxylic acids is 2. The molecule has 0 spiro atoms.